The van der Waals surface area contributed by atoms with Crippen molar-refractivity contribution < 1.29 is 0 Å². The zero-order valence-corrected chi connectivity index (χ0v) is 20.8. The number of fused-ring (bicyclic) bond motifs is 5. The highest BCUT2D eigenvalue weighted by molar-refractivity contribution is 5.15. The Morgan fingerprint density at radius 1 is 1.00 bits per heavy atom. The number of nitrogens with zero attached hydrogens (tertiary/aromatic N) is 1. The second-order valence-corrected chi connectivity index (χ2v) is 12.6. The molecule has 0 aromatic carbocycles. The van der Waals surface area contributed by atoms with E-state index in [9.17, 15) is 0 Å². The molecule has 0 aliphatic heterocycles. The Hall–Kier alpha value is -0.850. The van der Waals surface area contributed by atoms with Crippen LogP contribution in [-0.4, -0.2) is 4.98 Å². The van der Waals surface area contributed by atoms with E-state index in [0.717, 1.165) is 53.0 Å². The SMILES string of the molecule is CCCC1CCC2C(CCC3C2CCC2(C)C(C(C)Cc4ccc(C)nc4)CCC32)C1. The number of hydrogen-bond donors (Lipinski definition) is 0. The van der Waals surface area contributed by atoms with E-state index in [4.69, 9.17) is 0 Å². The van der Waals surface area contributed by atoms with Gasteiger partial charge in [0, 0.05) is 11.9 Å². The van der Waals surface area contributed by atoms with E-state index in [2.05, 4.69) is 51.0 Å². The Morgan fingerprint density at radius 2 is 1.84 bits per heavy atom. The van der Waals surface area contributed by atoms with E-state index < -0.39 is 0 Å². The molecule has 4 fully saturated rings. The summed E-state index contributed by atoms with van der Waals surface area (Å²) < 4.78 is 0. The summed E-state index contributed by atoms with van der Waals surface area (Å²) in [5.74, 6) is 8.09. The van der Waals surface area contributed by atoms with Gasteiger partial charge in [0.2, 0.25) is 0 Å². The molecule has 1 aromatic heterocycles. The van der Waals surface area contributed by atoms with Gasteiger partial charge in [0.25, 0.3) is 0 Å². The maximum Gasteiger partial charge on any atom is 0.0372 e. The highest BCUT2D eigenvalue weighted by Gasteiger charge is 2.57. The predicted molar refractivity (Wildman–Crippen MR) is 131 cm³/mol. The van der Waals surface area contributed by atoms with Gasteiger partial charge in [0.1, 0.15) is 0 Å². The molecule has 4 aliphatic rings. The Kier molecular flexibility index (Phi) is 6.26. The first kappa shape index (κ1) is 22.0. The molecule has 31 heavy (non-hydrogen) atoms. The number of hydrogen-bond acceptors (Lipinski definition) is 1. The van der Waals surface area contributed by atoms with Gasteiger partial charge in [0.05, 0.1) is 0 Å². The first-order chi connectivity index (χ1) is 15.0. The number of aromatic nitrogens is 1. The van der Waals surface area contributed by atoms with E-state index in [-0.39, 0.29) is 0 Å². The first-order valence-corrected chi connectivity index (χ1v) is 13.9. The molecule has 172 valence electrons. The average molecular weight is 422 g/mol. The van der Waals surface area contributed by atoms with Crippen LogP contribution in [0, 0.1) is 59.7 Å². The number of aryl methyl sites for hydroxylation is 1. The van der Waals surface area contributed by atoms with Gasteiger partial charge in [0.15, 0.2) is 0 Å². The highest BCUT2D eigenvalue weighted by Crippen LogP contribution is 2.65. The summed E-state index contributed by atoms with van der Waals surface area (Å²) in [4.78, 5) is 4.57. The van der Waals surface area contributed by atoms with E-state index in [1.165, 1.54) is 44.1 Å². The Morgan fingerprint density at radius 3 is 2.61 bits per heavy atom. The average Bonchev–Trinajstić information content (AvgIpc) is 3.12. The summed E-state index contributed by atoms with van der Waals surface area (Å²) in [6, 6.07) is 4.51. The van der Waals surface area contributed by atoms with Crippen molar-refractivity contribution in [1.82, 2.24) is 4.98 Å². The molecule has 4 aliphatic carbocycles. The van der Waals surface area contributed by atoms with E-state index in [1.807, 2.05) is 0 Å². The van der Waals surface area contributed by atoms with Crippen molar-refractivity contribution in [2.45, 2.75) is 105 Å². The largest absolute Gasteiger partial charge is 0.261 e. The lowest BCUT2D eigenvalue weighted by Gasteiger charge is -2.57. The van der Waals surface area contributed by atoms with Crippen LogP contribution in [-0.2, 0) is 6.42 Å². The molecule has 4 saturated carbocycles. The van der Waals surface area contributed by atoms with Crippen LogP contribution in [0.15, 0.2) is 18.3 Å². The van der Waals surface area contributed by atoms with Crippen LogP contribution in [0.4, 0.5) is 0 Å². The van der Waals surface area contributed by atoms with Crippen molar-refractivity contribution in [2.75, 3.05) is 0 Å². The van der Waals surface area contributed by atoms with Crippen LogP contribution >= 0.6 is 0 Å². The fourth-order valence-corrected chi connectivity index (χ4v) is 9.73. The lowest BCUT2D eigenvalue weighted by Crippen LogP contribution is -2.49. The van der Waals surface area contributed by atoms with Crippen LogP contribution < -0.4 is 0 Å². The summed E-state index contributed by atoms with van der Waals surface area (Å²) in [6.07, 6.45) is 20.1. The third-order valence-electron chi connectivity index (χ3n) is 11.1. The Balaban J connectivity index is 1.27. The van der Waals surface area contributed by atoms with Gasteiger partial charge in [-0.05, 0) is 129 Å². The van der Waals surface area contributed by atoms with E-state index in [1.54, 1.807) is 38.5 Å². The van der Waals surface area contributed by atoms with Crippen molar-refractivity contribution in [1.29, 1.82) is 0 Å². The maximum atomic E-state index is 4.57. The third-order valence-corrected chi connectivity index (χ3v) is 11.1. The van der Waals surface area contributed by atoms with Gasteiger partial charge in [-0.2, -0.15) is 0 Å². The van der Waals surface area contributed by atoms with E-state index >= 15 is 0 Å². The molecule has 1 nitrogen and oxygen atoms in total. The smallest absolute Gasteiger partial charge is 0.0372 e. The molecule has 0 radical (unpaired) electrons. The molecule has 1 heteroatoms. The molecular formula is C30H47N. The molecule has 0 bridgehead atoms. The number of pyridine rings is 1. The van der Waals surface area contributed by atoms with Gasteiger partial charge >= 0.3 is 0 Å². The van der Waals surface area contributed by atoms with Gasteiger partial charge < -0.3 is 0 Å². The lowest BCUT2D eigenvalue weighted by atomic mass is 9.48. The first-order valence-electron chi connectivity index (χ1n) is 13.9. The molecule has 5 rings (SSSR count). The van der Waals surface area contributed by atoms with Gasteiger partial charge in [-0.15, -0.1) is 0 Å². The van der Waals surface area contributed by atoms with Crippen molar-refractivity contribution >= 4 is 0 Å². The predicted octanol–water partition coefficient (Wildman–Crippen LogP) is 8.25. The molecule has 0 amide bonds. The highest BCUT2D eigenvalue weighted by atomic mass is 14.7. The minimum Gasteiger partial charge on any atom is -0.261 e. The van der Waals surface area contributed by atoms with Crippen molar-refractivity contribution in [3.05, 3.63) is 29.6 Å². The van der Waals surface area contributed by atoms with Gasteiger partial charge in [-0.25, -0.2) is 0 Å². The summed E-state index contributed by atoms with van der Waals surface area (Å²) in [5, 5.41) is 0. The minimum atomic E-state index is 0.602. The molecule has 0 saturated heterocycles. The fourth-order valence-electron chi connectivity index (χ4n) is 9.73. The Labute approximate surface area is 192 Å². The molecule has 0 spiro atoms. The fraction of sp³-hybridized carbons (Fsp3) is 0.833. The summed E-state index contributed by atoms with van der Waals surface area (Å²) in [6.45, 7) is 9.76. The summed E-state index contributed by atoms with van der Waals surface area (Å²) in [7, 11) is 0. The maximum absolute atomic E-state index is 4.57. The minimum absolute atomic E-state index is 0.602. The Bertz CT molecular complexity index is 737. The topological polar surface area (TPSA) is 12.9 Å². The zero-order valence-electron chi connectivity index (χ0n) is 20.8. The molecule has 9 atom stereocenters. The molecular weight excluding hydrogens is 374 g/mol. The monoisotopic (exact) mass is 421 g/mol. The third kappa shape index (κ3) is 4.02. The van der Waals surface area contributed by atoms with Crippen molar-refractivity contribution in [3.8, 4) is 0 Å². The van der Waals surface area contributed by atoms with Crippen molar-refractivity contribution in [3.63, 3.8) is 0 Å². The molecule has 1 heterocycles. The zero-order chi connectivity index (χ0) is 21.6. The van der Waals surface area contributed by atoms with Crippen molar-refractivity contribution in [2.24, 2.45) is 52.8 Å². The number of rotatable bonds is 5. The van der Waals surface area contributed by atoms with E-state index in [0.29, 0.717) is 5.41 Å². The van der Waals surface area contributed by atoms with Gasteiger partial charge in [-0.3, -0.25) is 4.98 Å². The van der Waals surface area contributed by atoms with Crippen LogP contribution in [0.25, 0.3) is 0 Å². The molecule has 0 N–H and O–H groups in total. The van der Waals surface area contributed by atoms with Crippen LogP contribution in [0.5, 0.6) is 0 Å². The van der Waals surface area contributed by atoms with Crippen LogP contribution in [0.1, 0.15) is 103 Å². The second kappa shape index (κ2) is 8.83. The summed E-state index contributed by atoms with van der Waals surface area (Å²) >= 11 is 0. The van der Waals surface area contributed by atoms with Gasteiger partial charge in [-0.1, -0.05) is 46.1 Å². The van der Waals surface area contributed by atoms with Crippen LogP contribution in [0.3, 0.4) is 0 Å². The molecule has 9 unspecified atom stereocenters. The normalized spacial score (nSPS) is 43.0. The van der Waals surface area contributed by atoms with Crippen LogP contribution in [0.2, 0.25) is 0 Å². The molecule has 1 aromatic rings. The standard InChI is InChI=1S/C30H47N/c1-5-6-22-9-11-25-24(18-22)10-12-27-26(25)15-16-30(4)28(13-14-29(27)30)20(2)17-23-8-7-21(3)31-19-23/h7-8,19-20,22,24-29H,5-6,9-18H2,1-4H3. The summed E-state index contributed by atoms with van der Waals surface area (Å²) in [5.41, 5.74) is 3.19. The lowest BCUT2D eigenvalue weighted by molar-refractivity contribution is -0.0740. The second-order valence-electron chi connectivity index (χ2n) is 12.6. The quantitative estimate of drug-likeness (QED) is 0.466.